The lowest BCUT2D eigenvalue weighted by Crippen LogP contribution is -2.07. The van der Waals surface area contributed by atoms with E-state index in [1.807, 2.05) is 40.9 Å². The highest BCUT2D eigenvalue weighted by atomic mass is 15.3. The Bertz CT molecular complexity index is 361. The van der Waals surface area contributed by atoms with Gasteiger partial charge >= 0.3 is 0 Å². The fraction of sp³-hybridized carbons (Fsp3) is 0.333. The lowest BCUT2D eigenvalue weighted by Gasteiger charge is -2.00. The Kier molecular flexibility index (Phi) is 2.12. The van der Waals surface area contributed by atoms with Gasteiger partial charge in [-0.15, -0.1) is 0 Å². The fourth-order valence-electron chi connectivity index (χ4n) is 1.23. The molecular formula is C9H12N4. The summed E-state index contributed by atoms with van der Waals surface area (Å²) in [6, 6.07) is 1.92. The van der Waals surface area contributed by atoms with Crippen LogP contribution in [0.2, 0.25) is 0 Å². The highest BCUT2D eigenvalue weighted by Crippen LogP contribution is 1.95. The lowest BCUT2D eigenvalue weighted by atomic mass is 10.4. The number of aryl methyl sites for hydroxylation is 3. The number of hydrogen-bond donors (Lipinski definition) is 0. The van der Waals surface area contributed by atoms with Gasteiger partial charge < -0.3 is 0 Å². The van der Waals surface area contributed by atoms with Crippen molar-refractivity contribution >= 4 is 0 Å². The number of aromatic nitrogens is 4. The molecule has 0 N–H and O–H groups in total. The average molecular weight is 176 g/mol. The van der Waals surface area contributed by atoms with Gasteiger partial charge in [-0.2, -0.15) is 10.2 Å². The molecule has 0 spiro atoms. The molecule has 0 aliphatic rings. The zero-order valence-electron chi connectivity index (χ0n) is 7.59. The van der Waals surface area contributed by atoms with Crippen LogP contribution in [0.3, 0.4) is 0 Å². The van der Waals surface area contributed by atoms with Crippen LogP contribution in [-0.2, 0) is 13.1 Å². The van der Waals surface area contributed by atoms with Gasteiger partial charge in [0.15, 0.2) is 0 Å². The molecule has 0 unspecified atom stereocenters. The molecule has 0 radical (unpaired) electrons. The minimum Gasteiger partial charge on any atom is -0.271 e. The summed E-state index contributed by atoms with van der Waals surface area (Å²) in [5.41, 5.74) is 1.19. The monoisotopic (exact) mass is 176 g/mol. The van der Waals surface area contributed by atoms with E-state index in [2.05, 4.69) is 10.2 Å². The van der Waals surface area contributed by atoms with Crippen LogP contribution in [0.1, 0.15) is 5.56 Å². The SMILES string of the molecule is Cc1cnn(CCn2cccn2)c1. The minimum absolute atomic E-state index is 0.869. The summed E-state index contributed by atoms with van der Waals surface area (Å²) in [7, 11) is 0. The second kappa shape index (κ2) is 3.43. The first-order chi connectivity index (χ1) is 6.34. The lowest BCUT2D eigenvalue weighted by molar-refractivity contribution is 0.500. The quantitative estimate of drug-likeness (QED) is 0.701. The molecule has 0 fully saturated rings. The van der Waals surface area contributed by atoms with Gasteiger partial charge in [-0.1, -0.05) is 0 Å². The van der Waals surface area contributed by atoms with Crippen LogP contribution in [0.15, 0.2) is 30.9 Å². The summed E-state index contributed by atoms with van der Waals surface area (Å²) in [6.45, 7) is 3.78. The topological polar surface area (TPSA) is 35.6 Å². The van der Waals surface area contributed by atoms with Gasteiger partial charge in [-0.3, -0.25) is 9.36 Å². The standard InChI is InChI=1S/C9H12N4/c1-9-7-11-13(8-9)6-5-12-4-2-3-10-12/h2-4,7-8H,5-6H2,1H3. The smallest absolute Gasteiger partial charge is 0.0605 e. The zero-order valence-corrected chi connectivity index (χ0v) is 7.59. The highest BCUT2D eigenvalue weighted by molar-refractivity contribution is 4.99. The summed E-state index contributed by atoms with van der Waals surface area (Å²) >= 11 is 0. The van der Waals surface area contributed by atoms with E-state index in [4.69, 9.17) is 0 Å². The van der Waals surface area contributed by atoms with Gasteiger partial charge in [-0.05, 0) is 18.6 Å². The van der Waals surface area contributed by atoms with Gasteiger partial charge in [0.2, 0.25) is 0 Å². The predicted molar refractivity (Wildman–Crippen MR) is 49.2 cm³/mol. The van der Waals surface area contributed by atoms with Crippen LogP contribution in [0.25, 0.3) is 0 Å². The molecule has 2 aromatic rings. The molecule has 0 amide bonds. The first-order valence-corrected chi connectivity index (χ1v) is 4.31. The first-order valence-electron chi connectivity index (χ1n) is 4.31. The Hall–Kier alpha value is -1.58. The summed E-state index contributed by atoms with van der Waals surface area (Å²) in [5, 5.41) is 8.30. The summed E-state index contributed by atoms with van der Waals surface area (Å²) in [5.74, 6) is 0. The first kappa shape index (κ1) is 8.04. The molecule has 68 valence electrons. The minimum atomic E-state index is 0.869. The maximum absolute atomic E-state index is 4.19. The van der Waals surface area contributed by atoms with Crippen molar-refractivity contribution in [3.8, 4) is 0 Å². The van der Waals surface area contributed by atoms with E-state index >= 15 is 0 Å². The third-order valence-electron chi connectivity index (χ3n) is 1.88. The van der Waals surface area contributed by atoms with Crippen molar-refractivity contribution in [2.24, 2.45) is 0 Å². The molecule has 4 heteroatoms. The molecule has 4 nitrogen and oxygen atoms in total. The average Bonchev–Trinajstić information content (AvgIpc) is 2.71. The summed E-state index contributed by atoms with van der Waals surface area (Å²) < 4.78 is 3.83. The van der Waals surface area contributed by atoms with Crippen LogP contribution in [0, 0.1) is 6.92 Å². The molecule has 0 saturated heterocycles. The zero-order chi connectivity index (χ0) is 9.10. The van der Waals surface area contributed by atoms with E-state index in [1.54, 1.807) is 6.20 Å². The Balaban J connectivity index is 1.93. The van der Waals surface area contributed by atoms with E-state index in [9.17, 15) is 0 Å². The summed E-state index contributed by atoms with van der Waals surface area (Å²) in [6.07, 6.45) is 7.64. The van der Waals surface area contributed by atoms with E-state index < -0.39 is 0 Å². The van der Waals surface area contributed by atoms with Crippen molar-refractivity contribution in [3.05, 3.63) is 36.4 Å². The maximum Gasteiger partial charge on any atom is 0.0605 e. The Morgan fingerprint density at radius 3 is 2.69 bits per heavy atom. The van der Waals surface area contributed by atoms with E-state index in [0.717, 1.165) is 13.1 Å². The second-order valence-electron chi connectivity index (χ2n) is 3.05. The molecule has 13 heavy (non-hydrogen) atoms. The third-order valence-corrected chi connectivity index (χ3v) is 1.88. The molecule has 0 saturated carbocycles. The van der Waals surface area contributed by atoms with E-state index in [0.29, 0.717) is 0 Å². The Morgan fingerprint density at radius 2 is 2.08 bits per heavy atom. The molecular weight excluding hydrogens is 164 g/mol. The van der Waals surface area contributed by atoms with Crippen LogP contribution >= 0.6 is 0 Å². The number of hydrogen-bond acceptors (Lipinski definition) is 2. The van der Waals surface area contributed by atoms with Crippen molar-refractivity contribution in [2.45, 2.75) is 20.0 Å². The van der Waals surface area contributed by atoms with E-state index in [1.165, 1.54) is 5.56 Å². The van der Waals surface area contributed by atoms with Crippen molar-refractivity contribution < 1.29 is 0 Å². The predicted octanol–water partition coefficient (Wildman–Crippen LogP) is 1.09. The Morgan fingerprint density at radius 1 is 1.23 bits per heavy atom. The molecule has 0 aliphatic heterocycles. The second-order valence-corrected chi connectivity index (χ2v) is 3.05. The van der Waals surface area contributed by atoms with Crippen molar-refractivity contribution in [1.29, 1.82) is 0 Å². The highest BCUT2D eigenvalue weighted by Gasteiger charge is 1.94. The number of nitrogens with zero attached hydrogens (tertiary/aromatic N) is 4. The molecule has 0 aromatic carbocycles. The molecule has 2 aromatic heterocycles. The van der Waals surface area contributed by atoms with Gasteiger partial charge in [0.25, 0.3) is 0 Å². The normalized spacial score (nSPS) is 10.5. The Labute approximate surface area is 76.8 Å². The van der Waals surface area contributed by atoms with Crippen molar-refractivity contribution in [3.63, 3.8) is 0 Å². The molecule has 0 atom stereocenters. The van der Waals surface area contributed by atoms with Crippen LogP contribution in [0.5, 0.6) is 0 Å². The fourth-order valence-corrected chi connectivity index (χ4v) is 1.23. The number of rotatable bonds is 3. The maximum atomic E-state index is 4.19. The molecule has 2 heterocycles. The van der Waals surface area contributed by atoms with Gasteiger partial charge in [0.1, 0.15) is 0 Å². The largest absolute Gasteiger partial charge is 0.271 e. The van der Waals surface area contributed by atoms with Crippen LogP contribution in [-0.4, -0.2) is 19.6 Å². The molecule has 0 aliphatic carbocycles. The van der Waals surface area contributed by atoms with E-state index in [-0.39, 0.29) is 0 Å². The summed E-state index contributed by atoms with van der Waals surface area (Å²) in [4.78, 5) is 0. The van der Waals surface area contributed by atoms with Crippen LogP contribution in [0.4, 0.5) is 0 Å². The van der Waals surface area contributed by atoms with Gasteiger partial charge in [0.05, 0.1) is 19.3 Å². The van der Waals surface area contributed by atoms with Gasteiger partial charge in [-0.25, -0.2) is 0 Å². The van der Waals surface area contributed by atoms with Crippen molar-refractivity contribution in [2.75, 3.05) is 0 Å². The van der Waals surface area contributed by atoms with Crippen molar-refractivity contribution in [1.82, 2.24) is 19.6 Å². The third kappa shape index (κ3) is 1.96. The molecule has 0 bridgehead atoms. The van der Waals surface area contributed by atoms with Gasteiger partial charge in [0, 0.05) is 18.6 Å². The molecule has 2 rings (SSSR count). The van der Waals surface area contributed by atoms with Crippen LogP contribution < -0.4 is 0 Å².